The number of amides is 1. The lowest BCUT2D eigenvalue weighted by atomic mass is 9.88. The molecule has 0 saturated heterocycles. The molecule has 0 aliphatic heterocycles. The van der Waals surface area contributed by atoms with Gasteiger partial charge in [-0.15, -0.1) is 12.3 Å². The van der Waals surface area contributed by atoms with Crippen LogP contribution in [-0.2, 0) is 4.79 Å². The number of ether oxygens (including phenoxy) is 1. The Kier molecular flexibility index (Phi) is 10.4. The number of hydrogen-bond acceptors (Lipinski definition) is 3. The molecule has 1 aromatic heterocycles. The van der Waals surface area contributed by atoms with Gasteiger partial charge in [0.2, 0.25) is 5.91 Å². The SMILES string of the molecule is C#CCCN(C)C(=O)/C=C/CCCCOc1ccc(/C(=C(/CC)c2ccccc2)c2ccc3[nH]ncc3c2)cc1. The van der Waals surface area contributed by atoms with E-state index in [2.05, 4.69) is 95.8 Å². The molecule has 1 heterocycles. The van der Waals surface area contributed by atoms with Crippen molar-refractivity contribution in [2.24, 2.45) is 0 Å². The van der Waals surface area contributed by atoms with Crippen LogP contribution in [0.2, 0.25) is 0 Å². The summed E-state index contributed by atoms with van der Waals surface area (Å²) in [5.41, 5.74) is 7.08. The topological polar surface area (TPSA) is 58.2 Å². The van der Waals surface area contributed by atoms with Crippen LogP contribution in [0.1, 0.15) is 55.7 Å². The van der Waals surface area contributed by atoms with Crippen LogP contribution in [0.4, 0.5) is 0 Å². The maximum atomic E-state index is 12.0. The van der Waals surface area contributed by atoms with Gasteiger partial charge in [-0.25, -0.2) is 0 Å². The van der Waals surface area contributed by atoms with Gasteiger partial charge in [-0.3, -0.25) is 9.89 Å². The highest BCUT2D eigenvalue weighted by Gasteiger charge is 2.14. The Morgan fingerprint density at radius 1 is 1.02 bits per heavy atom. The standard InChI is InChI=1S/C35H37N3O2/c1-4-6-23-38(3)34(39)16-12-7-8-13-24-40-31-20-17-28(18-21-31)35(32(5-2)27-14-10-9-11-15-27)29-19-22-33-30(25-29)26-36-37-33/h1,9-12,14-22,25-26H,5-8,13,23-24H2,2-3H3,(H,36,37)/b16-12+,35-32+. The maximum Gasteiger partial charge on any atom is 0.246 e. The molecular formula is C35H37N3O2. The molecule has 0 saturated carbocycles. The number of likely N-dealkylation sites (N-methyl/N-ethyl adjacent to an activating group) is 1. The zero-order valence-corrected chi connectivity index (χ0v) is 23.4. The number of aromatic nitrogens is 2. The van der Waals surface area contributed by atoms with Crippen molar-refractivity contribution in [1.29, 1.82) is 0 Å². The van der Waals surface area contributed by atoms with Crippen LogP contribution >= 0.6 is 0 Å². The number of H-pyrrole nitrogens is 1. The second kappa shape index (κ2) is 14.6. The van der Waals surface area contributed by atoms with Gasteiger partial charge in [0.05, 0.1) is 18.3 Å². The number of aromatic amines is 1. The maximum absolute atomic E-state index is 12.0. The molecule has 0 fully saturated rings. The van der Waals surface area contributed by atoms with E-state index in [-0.39, 0.29) is 5.91 Å². The first-order valence-corrected chi connectivity index (χ1v) is 13.9. The first-order chi connectivity index (χ1) is 19.6. The number of carbonyl (C=O) groups is 1. The molecule has 0 spiro atoms. The summed E-state index contributed by atoms with van der Waals surface area (Å²) in [5.74, 6) is 3.40. The third kappa shape index (κ3) is 7.51. The van der Waals surface area contributed by atoms with Gasteiger partial charge < -0.3 is 9.64 Å². The van der Waals surface area contributed by atoms with E-state index in [0.717, 1.165) is 53.5 Å². The molecule has 0 aliphatic carbocycles. The summed E-state index contributed by atoms with van der Waals surface area (Å²) < 4.78 is 6.03. The average molecular weight is 532 g/mol. The molecule has 0 bridgehead atoms. The zero-order valence-electron chi connectivity index (χ0n) is 23.4. The van der Waals surface area contributed by atoms with Crippen LogP contribution < -0.4 is 4.74 Å². The highest BCUT2D eigenvalue weighted by atomic mass is 16.5. The fourth-order valence-corrected chi connectivity index (χ4v) is 4.70. The fraction of sp³-hybridized carbons (Fsp3) is 0.257. The number of allylic oxidation sites excluding steroid dienone is 2. The summed E-state index contributed by atoms with van der Waals surface area (Å²) in [6, 6.07) is 25.4. The Hall–Kier alpha value is -4.56. The van der Waals surface area contributed by atoms with Crippen molar-refractivity contribution in [3.63, 3.8) is 0 Å². The molecule has 5 nitrogen and oxygen atoms in total. The molecular weight excluding hydrogens is 494 g/mol. The van der Waals surface area contributed by atoms with Crippen molar-refractivity contribution in [3.8, 4) is 18.1 Å². The van der Waals surface area contributed by atoms with Gasteiger partial charge in [0.1, 0.15) is 5.75 Å². The lowest BCUT2D eigenvalue weighted by molar-refractivity contribution is -0.124. The van der Waals surface area contributed by atoms with E-state index in [1.165, 1.54) is 16.7 Å². The van der Waals surface area contributed by atoms with Crippen molar-refractivity contribution in [2.45, 2.75) is 39.0 Å². The van der Waals surface area contributed by atoms with Gasteiger partial charge in [-0.1, -0.05) is 61.5 Å². The van der Waals surface area contributed by atoms with Crippen LogP contribution in [-0.4, -0.2) is 41.2 Å². The molecule has 1 N–H and O–H groups in total. The number of nitrogens with one attached hydrogen (secondary N) is 1. The molecule has 0 radical (unpaired) electrons. The lowest BCUT2D eigenvalue weighted by Crippen LogP contribution is -2.25. The van der Waals surface area contributed by atoms with Gasteiger partial charge in [-0.2, -0.15) is 5.10 Å². The number of fused-ring (bicyclic) bond motifs is 1. The van der Waals surface area contributed by atoms with E-state index in [4.69, 9.17) is 11.2 Å². The zero-order chi connectivity index (χ0) is 28.2. The third-order valence-corrected chi connectivity index (χ3v) is 6.91. The summed E-state index contributed by atoms with van der Waals surface area (Å²) in [7, 11) is 1.77. The minimum Gasteiger partial charge on any atom is -0.494 e. The lowest BCUT2D eigenvalue weighted by Gasteiger charge is -2.17. The number of nitrogens with zero attached hydrogens (tertiary/aromatic N) is 2. The Morgan fingerprint density at radius 2 is 1.80 bits per heavy atom. The van der Waals surface area contributed by atoms with Crippen molar-refractivity contribution in [3.05, 3.63) is 108 Å². The van der Waals surface area contributed by atoms with Crippen molar-refractivity contribution >= 4 is 28.0 Å². The van der Waals surface area contributed by atoms with E-state index in [1.54, 1.807) is 18.0 Å². The summed E-state index contributed by atoms with van der Waals surface area (Å²) in [6.07, 6.45) is 14.9. The minimum atomic E-state index is -0.0109. The third-order valence-electron chi connectivity index (χ3n) is 6.91. The number of terminal acetylenes is 1. The van der Waals surface area contributed by atoms with E-state index in [0.29, 0.717) is 19.6 Å². The molecule has 1 amide bonds. The summed E-state index contributed by atoms with van der Waals surface area (Å²) in [4.78, 5) is 13.7. The van der Waals surface area contributed by atoms with Gasteiger partial charge in [0.25, 0.3) is 0 Å². The predicted octanol–water partition coefficient (Wildman–Crippen LogP) is 7.52. The second-order valence-electron chi connectivity index (χ2n) is 9.73. The first-order valence-electron chi connectivity index (χ1n) is 13.9. The van der Waals surface area contributed by atoms with Crippen LogP contribution in [0.5, 0.6) is 5.75 Å². The summed E-state index contributed by atoms with van der Waals surface area (Å²) in [6.45, 7) is 3.42. The quantitative estimate of drug-likeness (QED) is 0.0840. The van der Waals surface area contributed by atoms with Gasteiger partial charge in [0, 0.05) is 25.4 Å². The highest BCUT2D eigenvalue weighted by molar-refractivity contribution is 6.00. The predicted molar refractivity (Wildman–Crippen MR) is 165 cm³/mol. The smallest absolute Gasteiger partial charge is 0.246 e. The molecule has 0 aliphatic rings. The molecule has 0 atom stereocenters. The van der Waals surface area contributed by atoms with Crippen molar-refractivity contribution < 1.29 is 9.53 Å². The Labute approximate surface area is 237 Å². The van der Waals surface area contributed by atoms with E-state index >= 15 is 0 Å². The molecule has 0 unspecified atom stereocenters. The minimum absolute atomic E-state index is 0.0109. The monoisotopic (exact) mass is 531 g/mol. The molecule has 204 valence electrons. The Morgan fingerprint density at radius 3 is 2.55 bits per heavy atom. The largest absolute Gasteiger partial charge is 0.494 e. The fourth-order valence-electron chi connectivity index (χ4n) is 4.70. The van der Waals surface area contributed by atoms with Gasteiger partial charge >= 0.3 is 0 Å². The van der Waals surface area contributed by atoms with Crippen LogP contribution in [0.25, 0.3) is 22.0 Å². The van der Waals surface area contributed by atoms with E-state index in [9.17, 15) is 4.79 Å². The van der Waals surface area contributed by atoms with Gasteiger partial charge in [0.15, 0.2) is 0 Å². The summed E-state index contributed by atoms with van der Waals surface area (Å²) in [5, 5.41) is 8.34. The highest BCUT2D eigenvalue weighted by Crippen LogP contribution is 2.36. The molecule has 5 heteroatoms. The average Bonchev–Trinajstić information content (AvgIpc) is 3.47. The van der Waals surface area contributed by atoms with Gasteiger partial charge in [-0.05, 0) is 83.9 Å². The number of benzene rings is 3. The summed E-state index contributed by atoms with van der Waals surface area (Å²) >= 11 is 0. The van der Waals surface area contributed by atoms with E-state index in [1.807, 2.05) is 12.3 Å². The number of rotatable bonds is 13. The van der Waals surface area contributed by atoms with Crippen molar-refractivity contribution in [2.75, 3.05) is 20.2 Å². The Bertz CT molecular complexity index is 1490. The second-order valence-corrected chi connectivity index (χ2v) is 9.73. The normalized spacial score (nSPS) is 11.8. The van der Waals surface area contributed by atoms with Crippen molar-refractivity contribution in [1.82, 2.24) is 15.1 Å². The van der Waals surface area contributed by atoms with Crippen LogP contribution in [0.3, 0.4) is 0 Å². The molecule has 4 aromatic rings. The number of hydrogen-bond donors (Lipinski definition) is 1. The number of carbonyl (C=O) groups excluding carboxylic acids is 1. The molecule has 40 heavy (non-hydrogen) atoms. The number of unbranched alkanes of at least 4 members (excludes halogenated alkanes) is 2. The molecule has 3 aromatic carbocycles. The first kappa shape index (κ1) is 28.4. The Balaban J connectivity index is 1.41. The van der Waals surface area contributed by atoms with Crippen LogP contribution in [0.15, 0.2) is 91.1 Å². The molecule has 4 rings (SSSR count). The van der Waals surface area contributed by atoms with Crippen LogP contribution in [0, 0.1) is 12.3 Å². The van der Waals surface area contributed by atoms with E-state index < -0.39 is 0 Å².